The molecule has 1 amide bonds. The molecule has 1 fully saturated rings. The normalized spacial score (nSPS) is 14.0. The van der Waals surface area contributed by atoms with Gasteiger partial charge in [0.05, 0.1) is 18.2 Å². The minimum absolute atomic E-state index is 0.202. The summed E-state index contributed by atoms with van der Waals surface area (Å²) < 4.78 is 0. The van der Waals surface area contributed by atoms with E-state index in [-0.39, 0.29) is 12.5 Å². The lowest BCUT2D eigenvalue weighted by atomic mass is 10.1. The van der Waals surface area contributed by atoms with Gasteiger partial charge in [0, 0.05) is 24.8 Å². The van der Waals surface area contributed by atoms with E-state index < -0.39 is 0 Å². The Morgan fingerprint density at radius 3 is 2.62 bits per heavy atom. The molecule has 1 aromatic heterocycles. The fraction of sp³-hybridized carbons (Fsp3) is 0.333. The maximum atomic E-state index is 12.1. The van der Waals surface area contributed by atoms with Gasteiger partial charge < -0.3 is 10.2 Å². The number of hydrogen-bond acceptors (Lipinski definition) is 5. The van der Waals surface area contributed by atoms with E-state index in [1.807, 2.05) is 12.1 Å². The number of carbonyl (C=O) groups excluding carboxylic acids is 1. The van der Waals surface area contributed by atoms with Crippen LogP contribution in [0.2, 0.25) is 0 Å². The van der Waals surface area contributed by atoms with Gasteiger partial charge in [-0.05, 0) is 49.6 Å². The molecule has 0 bridgehead atoms. The number of rotatable bonds is 4. The maximum Gasteiger partial charge on any atom is 0.251 e. The maximum absolute atomic E-state index is 12.1. The third kappa shape index (κ3) is 3.87. The molecule has 0 aliphatic carbocycles. The summed E-state index contributed by atoms with van der Waals surface area (Å²) in [5.74, 6) is 1.32. The molecule has 2 heterocycles. The Balaban J connectivity index is 1.61. The Morgan fingerprint density at radius 2 is 1.92 bits per heavy atom. The molecule has 1 aliphatic heterocycles. The first kappa shape index (κ1) is 15.9. The summed E-state index contributed by atoms with van der Waals surface area (Å²) in [6, 6.07) is 10.5. The molecule has 0 atom stereocenters. The summed E-state index contributed by atoms with van der Waals surface area (Å²) in [7, 11) is 0. The lowest BCUT2D eigenvalue weighted by Gasteiger charge is -2.27. The second kappa shape index (κ2) is 7.55. The Morgan fingerprint density at radius 1 is 1.17 bits per heavy atom. The van der Waals surface area contributed by atoms with Crippen molar-refractivity contribution in [3.63, 3.8) is 0 Å². The Labute approximate surface area is 141 Å². The average Bonchev–Trinajstić information content (AvgIpc) is 2.67. The van der Waals surface area contributed by atoms with Crippen LogP contribution in [-0.2, 0) is 6.54 Å². The molecule has 1 saturated heterocycles. The third-order valence-corrected chi connectivity index (χ3v) is 4.05. The van der Waals surface area contributed by atoms with E-state index in [2.05, 4.69) is 20.2 Å². The van der Waals surface area contributed by atoms with Gasteiger partial charge in [-0.1, -0.05) is 0 Å². The van der Waals surface area contributed by atoms with E-state index in [4.69, 9.17) is 5.26 Å². The molecule has 1 N–H and O–H groups in total. The van der Waals surface area contributed by atoms with Gasteiger partial charge in [-0.25, -0.2) is 9.97 Å². The molecule has 1 aliphatic rings. The first-order valence-corrected chi connectivity index (χ1v) is 8.11. The van der Waals surface area contributed by atoms with Crippen LogP contribution < -0.4 is 10.2 Å². The van der Waals surface area contributed by atoms with Gasteiger partial charge in [-0.2, -0.15) is 5.26 Å². The fourth-order valence-corrected chi connectivity index (χ4v) is 2.73. The zero-order chi connectivity index (χ0) is 16.8. The number of anilines is 1. The van der Waals surface area contributed by atoms with Gasteiger partial charge in [-0.15, -0.1) is 0 Å². The fourth-order valence-electron chi connectivity index (χ4n) is 2.73. The zero-order valence-corrected chi connectivity index (χ0v) is 13.4. The molecular weight excluding hydrogens is 302 g/mol. The van der Waals surface area contributed by atoms with Crippen LogP contribution in [0.5, 0.6) is 0 Å². The smallest absolute Gasteiger partial charge is 0.251 e. The van der Waals surface area contributed by atoms with Crippen LogP contribution in [0.25, 0.3) is 0 Å². The average molecular weight is 321 g/mol. The van der Waals surface area contributed by atoms with Crippen molar-refractivity contribution in [3.05, 3.63) is 53.5 Å². The number of amides is 1. The number of benzene rings is 1. The summed E-state index contributed by atoms with van der Waals surface area (Å²) >= 11 is 0. The van der Waals surface area contributed by atoms with Gasteiger partial charge in [0.1, 0.15) is 11.6 Å². The van der Waals surface area contributed by atoms with Crippen LogP contribution >= 0.6 is 0 Å². The minimum atomic E-state index is -0.202. The lowest BCUT2D eigenvalue weighted by Crippen LogP contribution is -2.31. The van der Waals surface area contributed by atoms with Crippen LogP contribution in [0, 0.1) is 11.3 Å². The molecular formula is C18H19N5O. The quantitative estimate of drug-likeness (QED) is 0.934. The van der Waals surface area contributed by atoms with Crippen molar-refractivity contribution in [3.8, 4) is 6.07 Å². The first-order chi connectivity index (χ1) is 11.8. The Hall–Kier alpha value is -2.94. The predicted molar refractivity (Wildman–Crippen MR) is 90.4 cm³/mol. The molecule has 122 valence electrons. The van der Waals surface area contributed by atoms with Crippen molar-refractivity contribution in [2.75, 3.05) is 18.0 Å². The molecule has 1 aromatic carbocycles. The van der Waals surface area contributed by atoms with E-state index in [0.717, 1.165) is 18.9 Å². The summed E-state index contributed by atoms with van der Waals surface area (Å²) in [5.41, 5.74) is 1.05. The van der Waals surface area contributed by atoms with E-state index in [9.17, 15) is 4.79 Å². The SMILES string of the molecule is N#Cc1ccc(C(=O)NCc2nccc(N3CCCCC3)n2)cc1. The van der Waals surface area contributed by atoms with Crippen molar-refractivity contribution in [2.45, 2.75) is 25.8 Å². The summed E-state index contributed by atoms with van der Waals surface area (Å²) in [5, 5.41) is 11.6. The second-order valence-electron chi connectivity index (χ2n) is 5.75. The van der Waals surface area contributed by atoms with Gasteiger partial charge in [0.25, 0.3) is 5.91 Å². The number of nitriles is 1. The number of carbonyl (C=O) groups is 1. The lowest BCUT2D eigenvalue weighted by molar-refractivity contribution is 0.0950. The van der Waals surface area contributed by atoms with Crippen molar-refractivity contribution >= 4 is 11.7 Å². The third-order valence-electron chi connectivity index (χ3n) is 4.05. The molecule has 6 nitrogen and oxygen atoms in total. The van der Waals surface area contributed by atoms with Crippen molar-refractivity contribution < 1.29 is 4.79 Å². The Kier molecular flexibility index (Phi) is 5.02. The standard InChI is InChI=1S/C18H19N5O/c19-12-14-4-6-15(7-5-14)18(24)21-13-16-20-9-8-17(22-16)23-10-2-1-3-11-23/h4-9H,1-3,10-11,13H2,(H,21,24). The van der Waals surface area contributed by atoms with Crippen LogP contribution in [0.15, 0.2) is 36.5 Å². The van der Waals surface area contributed by atoms with Crippen LogP contribution in [0.4, 0.5) is 5.82 Å². The molecule has 6 heteroatoms. The van der Waals surface area contributed by atoms with E-state index in [0.29, 0.717) is 17.0 Å². The Bertz CT molecular complexity index is 745. The summed E-state index contributed by atoms with van der Waals surface area (Å²) in [6.07, 6.45) is 5.39. The number of piperidine rings is 1. The monoisotopic (exact) mass is 321 g/mol. The van der Waals surface area contributed by atoms with Crippen LogP contribution in [0.3, 0.4) is 0 Å². The number of hydrogen-bond donors (Lipinski definition) is 1. The topological polar surface area (TPSA) is 81.9 Å². The summed E-state index contributed by atoms with van der Waals surface area (Å²) in [6.45, 7) is 2.32. The van der Waals surface area contributed by atoms with Gasteiger partial charge >= 0.3 is 0 Å². The van der Waals surface area contributed by atoms with Gasteiger partial charge in [-0.3, -0.25) is 4.79 Å². The van der Waals surface area contributed by atoms with E-state index >= 15 is 0 Å². The minimum Gasteiger partial charge on any atom is -0.357 e. The highest BCUT2D eigenvalue weighted by Crippen LogP contribution is 2.16. The van der Waals surface area contributed by atoms with Gasteiger partial charge in [0.2, 0.25) is 0 Å². The molecule has 0 saturated carbocycles. The largest absolute Gasteiger partial charge is 0.357 e. The molecule has 24 heavy (non-hydrogen) atoms. The predicted octanol–water partition coefficient (Wildman–Crippen LogP) is 2.27. The van der Waals surface area contributed by atoms with Crippen LogP contribution in [0.1, 0.15) is 41.0 Å². The summed E-state index contributed by atoms with van der Waals surface area (Å²) in [4.78, 5) is 23.2. The number of nitrogens with one attached hydrogen (secondary N) is 1. The number of aromatic nitrogens is 2. The van der Waals surface area contributed by atoms with Crippen molar-refractivity contribution in [1.29, 1.82) is 5.26 Å². The molecule has 0 spiro atoms. The van der Waals surface area contributed by atoms with Gasteiger partial charge in [0.15, 0.2) is 0 Å². The van der Waals surface area contributed by atoms with E-state index in [1.54, 1.807) is 30.5 Å². The highest BCUT2D eigenvalue weighted by molar-refractivity contribution is 5.94. The highest BCUT2D eigenvalue weighted by Gasteiger charge is 2.13. The van der Waals surface area contributed by atoms with E-state index in [1.165, 1.54) is 19.3 Å². The first-order valence-electron chi connectivity index (χ1n) is 8.11. The highest BCUT2D eigenvalue weighted by atomic mass is 16.1. The molecule has 0 unspecified atom stereocenters. The van der Waals surface area contributed by atoms with Crippen LogP contribution in [-0.4, -0.2) is 29.0 Å². The van der Waals surface area contributed by atoms with Crippen molar-refractivity contribution in [1.82, 2.24) is 15.3 Å². The number of nitrogens with zero attached hydrogens (tertiary/aromatic N) is 4. The second-order valence-corrected chi connectivity index (χ2v) is 5.75. The molecule has 0 radical (unpaired) electrons. The molecule has 3 rings (SSSR count). The zero-order valence-electron chi connectivity index (χ0n) is 13.4. The molecule has 2 aromatic rings. The van der Waals surface area contributed by atoms with Crippen molar-refractivity contribution in [2.24, 2.45) is 0 Å².